The third kappa shape index (κ3) is 10.1. The van der Waals surface area contributed by atoms with Gasteiger partial charge in [0.1, 0.15) is 11.8 Å². The zero-order chi connectivity index (χ0) is 30.9. The van der Waals surface area contributed by atoms with E-state index in [4.69, 9.17) is 16.3 Å². The molecule has 0 bridgehead atoms. The van der Waals surface area contributed by atoms with Crippen molar-refractivity contribution in [2.45, 2.75) is 58.2 Å². The van der Waals surface area contributed by atoms with Crippen molar-refractivity contribution in [1.82, 2.24) is 10.2 Å². The Balaban J connectivity index is 1.90. The van der Waals surface area contributed by atoms with Gasteiger partial charge >= 0.3 is 0 Å². The molecule has 42 heavy (non-hydrogen) atoms. The van der Waals surface area contributed by atoms with Crippen LogP contribution in [0.3, 0.4) is 0 Å². The number of rotatable bonds is 13. The van der Waals surface area contributed by atoms with Crippen LogP contribution in [0.1, 0.15) is 44.7 Å². The number of nitrogens with one attached hydrogen (secondary N) is 1. The first-order valence-electron chi connectivity index (χ1n) is 13.8. The number of methoxy groups -OCH3 is 1. The Hall–Kier alpha value is -3.56. The Labute approximate surface area is 254 Å². The van der Waals surface area contributed by atoms with Crippen LogP contribution in [0.25, 0.3) is 0 Å². The Kier molecular flexibility index (Phi) is 11.4. The van der Waals surface area contributed by atoms with Crippen molar-refractivity contribution in [2.75, 3.05) is 24.2 Å². The van der Waals surface area contributed by atoms with E-state index in [1.165, 1.54) is 11.4 Å². The molecule has 1 N–H and O–H groups in total. The highest BCUT2D eigenvalue weighted by molar-refractivity contribution is 7.92. The van der Waals surface area contributed by atoms with Crippen LogP contribution in [0.5, 0.6) is 5.75 Å². The SMILES string of the molecule is COc1cccc(N(CCCC(=O)N(Cc2ccc(Cl)cc2)C(Cc2ccccc2)C(=O)NC(C)(C)C)S(C)(=O)=O)c1. The number of amides is 2. The third-order valence-electron chi connectivity index (χ3n) is 6.53. The van der Waals surface area contributed by atoms with Gasteiger partial charge in [-0.25, -0.2) is 8.42 Å². The average Bonchev–Trinajstić information content (AvgIpc) is 2.92. The zero-order valence-electron chi connectivity index (χ0n) is 24.8. The van der Waals surface area contributed by atoms with Gasteiger partial charge in [0, 0.05) is 42.6 Å². The summed E-state index contributed by atoms with van der Waals surface area (Å²) in [5.74, 6) is 0.0109. The first-order valence-corrected chi connectivity index (χ1v) is 16.0. The zero-order valence-corrected chi connectivity index (χ0v) is 26.4. The van der Waals surface area contributed by atoms with Gasteiger partial charge < -0.3 is 15.0 Å². The maximum Gasteiger partial charge on any atom is 0.243 e. The molecule has 1 unspecified atom stereocenters. The second-order valence-electron chi connectivity index (χ2n) is 11.2. The normalized spacial score (nSPS) is 12.3. The molecule has 8 nitrogen and oxygen atoms in total. The summed E-state index contributed by atoms with van der Waals surface area (Å²) in [5.41, 5.74) is 1.69. The van der Waals surface area contributed by atoms with Gasteiger partial charge in [-0.15, -0.1) is 0 Å². The van der Waals surface area contributed by atoms with Crippen molar-refractivity contribution in [2.24, 2.45) is 0 Å². The minimum absolute atomic E-state index is 0.0394. The van der Waals surface area contributed by atoms with Crippen LogP contribution in [-0.4, -0.2) is 56.6 Å². The van der Waals surface area contributed by atoms with Gasteiger partial charge in [-0.2, -0.15) is 0 Å². The van der Waals surface area contributed by atoms with Gasteiger partial charge in [-0.05, 0) is 62.6 Å². The molecule has 0 radical (unpaired) electrons. The predicted molar refractivity (Wildman–Crippen MR) is 168 cm³/mol. The van der Waals surface area contributed by atoms with Crippen molar-refractivity contribution >= 4 is 39.1 Å². The summed E-state index contributed by atoms with van der Waals surface area (Å²) in [5, 5.41) is 3.61. The summed E-state index contributed by atoms with van der Waals surface area (Å²) in [6, 6.07) is 22.7. The van der Waals surface area contributed by atoms with E-state index in [0.29, 0.717) is 22.9 Å². The fourth-order valence-corrected chi connectivity index (χ4v) is 5.65. The third-order valence-corrected chi connectivity index (χ3v) is 7.97. The largest absolute Gasteiger partial charge is 0.497 e. The molecule has 0 aliphatic carbocycles. The number of carbonyl (C=O) groups excluding carboxylic acids is 2. The highest BCUT2D eigenvalue weighted by Gasteiger charge is 2.32. The van der Waals surface area contributed by atoms with Gasteiger partial charge in [-0.1, -0.05) is 60.1 Å². The molecule has 0 saturated carbocycles. The van der Waals surface area contributed by atoms with Crippen LogP contribution in [-0.2, 0) is 32.6 Å². The molecule has 0 heterocycles. The molecule has 3 aromatic carbocycles. The summed E-state index contributed by atoms with van der Waals surface area (Å²) in [4.78, 5) is 29.2. The number of carbonyl (C=O) groups is 2. The van der Waals surface area contributed by atoms with Crippen molar-refractivity contribution in [1.29, 1.82) is 0 Å². The van der Waals surface area contributed by atoms with Gasteiger partial charge in [0.05, 0.1) is 19.1 Å². The van der Waals surface area contributed by atoms with Crippen LogP contribution < -0.4 is 14.4 Å². The van der Waals surface area contributed by atoms with Crippen LogP contribution in [0.4, 0.5) is 5.69 Å². The van der Waals surface area contributed by atoms with E-state index in [0.717, 1.165) is 17.4 Å². The summed E-state index contributed by atoms with van der Waals surface area (Å²) in [7, 11) is -2.11. The highest BCUT2D eigenvalue weighted by atomic mass is 35.5. The minimum atomic E-state index is -3.63. The molecule has 0 saturated heterocycles. The predicted octanol–water partition coefficient (Wildman–Crippen LogP) is 5.45. The first kappa shape index (κ1) is 32.9. The van der Waals surface area contributed by atoms with Crippen LogP contribution in [0.2, 0.25) is 5.02 Å². The van der Waals surface area contributed by atoms with Gasteiger partial charge in [0.15, 0.2) is 0 Å². The molecule has 0 spiro atoms. The molecular weight excluding hydrogens is 574 g/mol. The maximum atomic E-state index is 13.9. The van der Waals surface area contributed by atoms with Crippen molar-refractivity contribution in [3.63, 3.8) is 0 Å². The molecule has 10 heteroatoms. The lowest BCUT2D eigenvalue weighted by molar-refractivity contribution is -0.142. The fourth-order valence-electron chi connectivity index (χ4n) is 4.56. The lowest BCUT2D eigenvalue weighted by Gasteiger charge is -2.34. The van der Waals surface area contributed by atoms with Gasteiger partial charge in [-0.3, -0.25) is 13.9 Å². The summed E-state index contributed by atoms with van der Waals surface area (Å²) >= 11 is 6.10. The number of sulfonamides is 1. The second-order valence-corrected chi connectivity index (χ2v) is 13.6. The summed E-state index contributed by atoms with van der Waals surface area (Å²) in [6.45, 7) is 5.97. The fraction of sp³-hybridized carbons (Fsp3) is 0.375. The Bertz CT molecular complexity index is 1440. The Morgan fingerprint density at radius 3 is 2.21 bits per heavy atom. The molecule has 0 fully saturated rings. The van der Waals surface area contributed by atoms with Gasteiger partial charge in [0.25, 0.3) is 0 Å². The molecule has 3 rings (SSSR count). The van der Waals surface area contributed by atoms with E-state index in [1.807, 2.05) is 63.2 Å². The Morgan fingerprint density at radius 1 is 0.952 bits per heavy atom. The molecule has 2 amide bonds. The minimum Gasteiger partial charge on any atom is -0.497 e. The van der Waals surface area contributed by atoms with E-state index < -0.39 is 21.6 Å². The van der Waals surface area contributed by atoms with E-state index in [9.17, 15) is 18.0 Å². The van der Waals surface area contributed by atoms with Crippen molar-refractivity contribution in [3.05, 3.63) is 95.0 Å². The number of ether oxygens (including phenoxy) is 1. The monoisotopic (exact) mass is 613 g/mol. The molecular formula is C32H40ClN3O5S. The van der Waals surface area contributed by atoms with Crippen LogP contribution in [0.15, 0.2) is 78.9 Å². The number of benzene rings is 3. The Morgan fingerprint density at radius 2 is 1.62 bits per heavy atom. The van der Waals surface area contributed by atoms with Crippen LogP contribution >= 0.6 is 11.6 Å². The quantitative estimate of drug-likeness (QED) is 0.277. The van der Waals surface area contributed by atoms with E-state index in [2.05, 4.69) is 5.32 Å². The topological polar surface area (TPSA) is 96.0 Å². The van der Waals surface area contributed by atoms with Crippen LogP contribution in [0, 0.1) is 0 Å². The lowest BCUT2D eigenvalue weighted by atomic mass is 10.00. The highest BCUT2D eigenvalue weighted by Crippen LogP contribution is 2.24. The smallest absolute Gasteiger partial charge is 0.243 e. The number of halogens is 1. The van der Waals surface area contributed by atoms with E-state index in [1.54, 1.807) is 41.3 Å². The number of anilines is 1. The number of hydrogen-bond donors (Lipinski definition) is 1. The average molecular weight is 614 g/mol. The summed E-state index contributed by atoms with van der Waals surface area (Å²) < 4.78 is 31.9. The lowest BCUT2D eigenvalue weighted by Crippen LogP contribution is -2.54. The molecule has 0 aliphatic rings. The molecule has 226 valence electrons. The number of hydrogen-bond acceptors (Lipinski definition) is 5. The summed E-state index contributed by atoms with van der Waals surface area (Å²) in [6.07, 6.45) is 1.74. The molecule has 1 atom stereocenters. The van der Waals surface area contributed by atoms with Crippen molar-refractivity contribution in [3.8, 4) is 5.75 Å². The standard InChI is InChI=1S/C32H40ClN3O5S/c1-32(2,3)34-31(38)29(21-24-11-7-6-8-12-24)35(23-25-16-18-26(33)19-17-25)30(37)15-10-20-36(42(5,39)40)27-13-9-14-28(22-27)41-4/h6-9,11-14,16-19,22,29H,10,15,20-21,23H2,1-5H3,(H,34,38). The van der Waals surface area contributed by atoms with Crippen molar-refractivity contribution < 1.29 is 22.7 Å². The second kappa shape index (κ2) is 14.6. The van der Waals surface area contributed by atoms with E-state index >= 15 is 0 Å². The maximum absolute atomic E-state index is 13.9. The first-order chi connectivity index (χ1) is 19.8. The van der Waals surface area contributed by atoms with Gasteiger partial charge in [0.2, 0.25) is 21.8 Å². The number of nitrogens with zero attached hydrogens (tertiary/aromatic N) is 2. The molecule has 0 aliphatic heterocycles. The molecule has 0 aromatic heterocycles. The van der Waals surface area contributed by atoms with E-state index in [-0.39, 0.29) is 37.7 Å². The molecule has 3 aromatic rings.